The largest absolute Gasteiger partial charge is 0.452 e. The van der Waals surface area contributed by atoms with Gasteiger partial charge in [-0.2, -0.15) is 13.2 Å². The minimum absolute atomic E-state index is 0.0686. The van der Waals surface area contributed by atoms with Crippen molar-refractivity contribution in [2.45, 2.75) is 6.18 Å². The Morgan fingerprint density at radius 1 is 0.889 bits per heavy atom. The Morgan fingerprint density at radius 2 is 1.56 bits per heavy atom. The molecule has 0 fully saturated rings. The quantitative estimate of drug-likeness (QED) is 0.677. The van der Waals surface area contributed by atoms with Crippen molar-refractivity contribution >= 4 is 28.3 Å². The maximum atomic E-state index is 12.5. The molecule has 0 aliphatic rings. The molecule has 1 amide bonds. The number of esters is 1. The number of rotatable bonds is 4. The SMILES string of the molecule is O=C(COC(=O)c1ccc(C(F)(F)F)cc1)Nc1cccc2ccccc12. The summed E-state index contributed by atoms with van der Waals surface area (Å²) in [6.07, 6.45) is -4.49. The Morgan fingerprint density at radius 3 is 2.26 bits per heavy atom. The van der Waals surface area contributed by atoms with Gasteiger partial charge in [0.05, 0.1) is 11.1 Å². The van der Waals surface area contributed by atoms with Gasteiger partial charge in [-0.1, -0.05) is 36.4 Å². The number of nitrogens with one attached hydrogen (secondary N) is 1. The van der Waals surface area contributed by atoms with Crippen LogP contribution in [0.1, 0.15) is 15.9 Å². The van der Waals surface area contributed by atoms with E-state index in [1.54, 1.807) is 12.1 Å². The average Bonchev–Trinajstić information content (AvgIpc) is 2.66. The predicted octanol–water partition coefficient (Wildman–Crippen LogP) is 4.65. The molecule has 27 heavy (non-hydrogen) atoms. The lowest BCUT2D eigenvalue weighted by molar-refractivity contribution is -0.137. The minimum atomic E-state index is -4.49. The fourth-order valence-electron chi connectivity index (χ4n) is 2.53. The van der Waals surface area contributed by atoms with E-state index in [0.717, 1.165) is 35.0 Å². The second kappa shape index (κ2) is 7.49. The van der Waals surface area contributed by atoms with Gasteiger partial charge in [0, 0.05) is 11.1 Å². The van der Waals surface area contributed by atoms with Gasteiger partial charge < -0.3 is 10.1 Å². The zero-order chi connectivity index (χ0) is 19.4. The van der Waals surface area contributed by atoms with Crippen LogP contribution >= 0.6 is 0 Å². The van der Waals surface area contributed by atoms with E-state index < -0.39 is 30.2 Å². The highest BCUT2D eigenvalue weighted by atomic mass is 19.4. The van der Waals surface area contributed by atoms with E-state index in [2.05, 4.69) is 5.32 Å². The van der Waals surface area contributed by atoms with Crippen LogP contribution < -0.4 is 5.32 Å². The Kier molecular flexibility index (Phi) is 5.12. The number of carbonyl (C=O) groups excluding carboxylic acids is 2. The third-order valence-corrected chi connectivity index (χ3v) is 3.85. The Hall–Kier alpha value is -3.35. The van der Waals surface area contributed by atoms with Crippen LogP contribution in [0, 0.1) is 0 Å². The predicted molar refractivity (Wildman–Crippen MR) is 94.3 cm³/mol. The van der Waals surface area contributed by atoms with Gasteiger partial charge in [-0.05, 0) is 35.7 Å². The summed E-state index contributed by atoms with van der Waals surface area (Å²) in [6, 6.07) is 16.4. The van der Waals surface area contributed by atoms with Crippen molar-refractivity contribution in [3.8, 4) is 0 Å². The van der Waals surface area contributed by atoms with Crippen molar-refractivity contribution in [3.63, 3.8) is 0 Å². The number of amides is 1. The molecule has 0 saturated heterocycles. The number of hydrogen-bond acceptors (Lipinski definition) is 3. The van der Waals surface area contributed by atoms with Gasteiger partial charge in [-0.3, -0.25) is 4.79 Å². The van der Waals surface area contributed by atoms with Crippen LogP contribution in [0.4, 0.5) is 18.9 Å². The van der Waals surface area contributed by atoms with Crippen LogP contribution in [0.25, 0.3) is 10.8 Å². The Balaban J connectivity index is 1.61. The molecule has 1 N–H and O–H groups in total. The zero-order valence-electron chi connectivity index (χ0n) is 13.9. The summed E-state index contributed by atoms with van der Waals surface area (Å²) in [6.45, 7) is -0.553. The summed E-state index contributed by atoms with van der Waals surface area (Å²) in [7, 11) is 0. The van der Waals surface area contributed by atoms with Crippen molar-refractivity contribution in [1.29, 1.82) is 0 Å². The second-order valence-electron chi connectivity index (χ2n) is 5.73. The number of benzene rings is 3. The van der Waals surface area contributed by atoms with Crippen molar-refractivity contribution in [3.05, 3.63) is 77.9 Å². The molecule has 0 aliphatic carbocycles. The van der Waals surface area contributed by atoms with Gasteiger partial charge in [-0.15, -0.1) is 0 Å². The van der Waals surface area contributed by atoms with Crippen molar-refractivity contribution in [2.24, 2.45) is 0 Å². The van der Waals surface area contributed by atoms with Crippen LogP contribution in [-0.2, 0) is 15.7 Å². The second-order valence-corrected chi connectivity index (χ2v) is 5.73. The monoisotopic (exact) mass is 373 g/mol. The average molecular weight is 373 g/mol. The summed E-state index contributed by atoms with van der Waals surface area (Å²) in [4.78, 5) is 23.9. The van der Waals surface area contributed by atoms with E-state index in [1.807, 2.05) is 30.3 Å². The molecule has 0 atom stereocenters. The minimum Gasteiger partial charge on any atom is -0.452 e. The fraction of sp³-hybridized carbons (Fsp3) is 0.100. The highest BCUT2D eigenvalue weighted by Crippen LogP contribution is 2.29. The first-order valence-corrected chi connectivity index (χ1v) is 7.96. The summed E-state index contributed by atoms with van der Waals surface area (Å²) < 4.78 is 42.4. The van der Waals surface area contributed by atoms with Crippen molar-refractivity contribution in [2.75, 3.05) is 11.9 Å². The molecule has 3 aromatic carbocycles. The maximum Gasteiger partial charge on any atom is 0.416 e. The van der Waals surface area contributed by atoms with Crippen molar-refractivity contribution < 1.29 is 27.5 Å². The van der Waals surface area contributed by atoms with Crippen LogP contribution in [0.15, 0.2) is 66.7 Å². The molecule has 0 spiro atoms. The number of alkyl halides is 3. The van der Waals surface area contributed by atoms with E-state index in [0.29, 0.717) is 5.69 Å². The number of hydrogen-bond donors (Lipinski definition) is 1. The zero-order valence-corrected chi connectivity index (χ0v) is 13.9. The van der Waals surface area contributed by atoms with Crippen LogP contribution in [0.2, 0.25) is 0 Å². The molecular weight excluding hydrogens is 359 g/mol. The molecule has 0 saturated carbocycles. The normalized spacial score (nSPS) is 11.2. The molecule has 0 aromatic heterocycles. The lowest BCUT2D eigenvalue weighted by atomic mass is 10.1. The third-order valence-electron chi connectivity index (χ3n) is 3.85. The van der Waals surface area contributed by atoms with E-state index >= 15 is 0 Å². The summed E-state index contributed by atoms with van der Waals surface area (Å²) in [5.41, 5.74) is -0.364. The number of fused-ring (bicyclic) bond motifs is 1. The van der Waals surface area contributed by atoms with Gasteiger partial charge in [0.1, 0.15) is 0 Å². The summed E-state index contributed by atoms with van der Waals surface area (Å²) in [5, 5.41) is 4.43. The summed E-state index contributed by atoms with van der Waals surface area (Å²) in [5.74, 6) is -1.43. The molecule has 138 valence electrons. The smallest absolute Gasteiger partial charge is 0.416 e. The molecule has 4 nitrogen and oxygen atoms in total. The van der Waals surface area contributed by atoms with Gasteiger partial charge in [-0.25, -0.2) is 4.79 Å². The molecule has 0 unspecified atom stereocenters. The number of halogens is 3. The highest BCUT2D eigenvalue weighted by molar-refractivity contribution is 6.03. The number of ether oxygens (including phenoxy) is 1. The molecular formula is C20H14F3NO3. The first-order valence-electron chi connectivity index (χ1n) is 7.96. The molecule has 0 radical (unpaired) electrons. The maximum absolute atomic E-state index is 12.5. The Bertz CT molecular complexity index is 976. The lowest BCUT2D eigenvalue weighted by Crippen LogP contribution is -2.21. The number of carbonyl (C=O) groups is 2. The first kappa shape index (κ1) is 18.4. The van der Waals surface area contributed by atoms with Crippen LogP contribution in [0.5, 0.6) is 0 Å². The van der Waals surface area contributed by atoms with E-state index in [9.17, 15) is 22.8 Å². The van der Waals surface area contributed by atoms with E-state index in [1.165, 1.54) is 0 Å². The van der Waals surface area contributed by atoms with Gasteiger partial charge >= 0.3 is 12.1 Å². The van der Waals surface area contributed by atoms with E-state index in [4.69, 9.17) is 4.74 Å². The lowest BCUT2D eigenvalue weighted by Gasteiger charge is -2.10. The van der Waals surface area contributed by atoms with Gasteiger partial charge in [0.2, 0.25) is 0 Å². The molecule has 0 aliphatic heterocycles. The molecule has 3 rings (SSSR count). The van der Waals surface area contributed by atoms with Crippen LogP contribution in [-0.4, -0.2) is 18.5 Å². The topological polar surface area (TPSA) is 55.4 Å². The molecule has 0 heterocycles. The third kappa shape index (κ3) is 4.44. The number of anilines is 1. The molecule has 7 heteroatoms. The van der Waals surface area contributed by atoms with Gasteiger partial charge in [0.15, 0.2) is 6.61 Å². The highest BCUT2D eigenvalue weighted by Gasteiger charge is 2.30. The first-order chi connectivity index (χ1) is 12.8. The summed E-state index contributed by atoms with van der Waals surface area (Å²) >= 11 is 0. The van der Waals surface area contributed by atoms with Crippen molar-refractivity contribution in [1.82, 2.24) is 0 Å². The van der Waals surface area contributed by atoms with E-state index in [-0.39, 0.29) is 5.56 Å². The fourth-order valence-corrected chi connectivity index (χ4v) is 2.53. The van der Waals surface area contributed by atoms with Gasteiger partial charge in [0.25, 0.3) is 5.91 Å². The Labute approximate surface area is 152 Å². The van der Waals surface area contributed by atoms with Crippen LogP contribution in [0.3, 0.4) is 0 Å². The molecule has 3 aromatic rings. The standard InChI is InChI=1S/C20H14F3NO3/c21-20(22,23)15-10-8-14(9-11-15)19(26)27-12-18(25)24-17-7-3-5-13-4-1-2-6-16(13)17/h1-11H,12H2,(H,24,25). The molecule has 0 bridgehead atoms.